The number of hydrogen-bond donors (Lipinski definition) is 1. The Morgan fingerprint density at radius 2 is 1.94 bits per heavy atom. The Balaban J connectivity index is 2.59. The van der Waals surface area contributed by atoms with Crippen LogP contribution in [-0.2, 0) is 13.5 Å². The molecule has 0 aliphatic rings. The third kappa shape index (κ3) is 1.66. The van der Waals surface area contributed by atoms with Crippen molar-refractivity contribution >= 4 is 5.82 Å². The molecule has 0 spiro atoms. The Hall–Kier alpha value is -1.84. The zero-order chi connectivity index (χ0) is 11.7. The topological polar surface area (TPSA) is 43.8 Å². The van der Waals surface area contributed by atoms with E-state index in [1.807, 2.05) is 14.0 Å². The Labute approximate surface area is 93.7 Å². The van der Waals surface area contributed by atoms with Crippen molar-refractivity contribution in [3.05, 3.63) is 35.6 Å². The molecule has 2 aromatic rings. The van der Waals surface area contributed by atoms with Crippen molar-refractivity contribution in [3.8, 4) is 11.3 Å². The minimum atomic E-state index is -0.239. The average Bonchev–Trinajstić information content (AvgIpc) is 2.54. The van der Waals surface area contributed by atoms with Crippen molar-refractivity contribution in [3.63, 3.8) is 0 Å². The second-order valence-electron chi connectivity index (χ2n) is 3.70. The summed E-state index contributed by atoms with van der Waals surface area (Å²) in [4.78, 5) is 0. The molecule has 0 saturated carbocycles. The number of anilines is 1. The maximum Gasteiger partial charge on any atom is 0.149 e. The smallest absolute Gasteiger partial charge is 0.149 e. The predicted octanol–water partition coefficient (Wildman–Crippen LogP) is 2.37. The van der Waals surface area contributed by atoms with Gasteiger partial charge in [-0.15, -0.1) is 0 Å². The highest BCUT2D eigenvalue weighted by Crippen LogP contribution is 2.27. The van der Waals surface area contributed by atoms with Gasteiger partial charge in [0, 0.05) is 18.2 Å². The van der Waals surface area contributed by atoms with Gasteiger partial charge in [-0.2, -0.15) is 5.10 Å². The zero-order valence-corrected chi connectivity index (χ0v) is 9.37. The van der Waals surface area contributed by atoms with Crippen LogP contribution in [0.5, 0.6) is 0 Å². The van der Waals surface area contributed by atoms with E-state index >= 15 is 0 Å². The van der Waals surface area contributed by atoms with E-state index in [1.54, 1.807) is 16.8 Å². The first kappa shape index (κ1) is 10.7. The lowest BCUT2D eigenvalue weighted by Gasteiger charge is -2.04. The number of aryl methyl sites for hydroxylation is 1. The van der Waals surface area contributed by atoms with Crippen LogP contribution >= 0.6 is 0 Å². The summed E-state index contributed by atoms with van der Waals surface area (Å²) in [5.74, 6) is 0.307. The fourth-order valence-corrected chi connectivity index (χ4v) is 1.91. The number of aromatic nitrogens is 2. The maximum absolute atomic E-state index is 12.8. The van der Waals surface area contributed by atoms with Crippen LogP contribution in [0.3, 0.4) is 0 Å². The first-order chi connectivity index (χ1) is 7.63. The molecule has 84 valence electrons. The van der Waals surface area contributed by atoms with Gasteiger partial charge in [-0.1, -0.05) is 6.92 Å². The van der Waals surface area contributed by atoms with Gasteiger partial charge in [0.1, 0.15) is 11.6 Å². The monoisotopic (exact) mass is 219 g/mol. The van der Waals surface area contributed by atoms with E-state index in [4.69, 9.17) is 5.73 Å². The summed E-state index contributed by atoms with van der Waals surface area (Å²) in [7, 11) is 1.84. The highest BCUT2D eigenvalue weighted by Gasteiger charge is 2.13. The van der Waals surface area contributed by atoms with Gasteiger partial charge in [0.2, 0.25) is 0 Å². The molecule has 0 atom stereocenters. The van der Waals surface area contributed by atoms with E-state index < -0.39 is 0 Å². The van der Waals surface area contributed by atoms with Gasteiger partial charge < -0.3 is 5.73 Å². The molecule has 1 aromatic heterocycles. The highest BCUT2D eigenvalue weighted by molar-refractivity contribution is 5.68. The van der Waals surface area contributed by atoms with Crippen molar-refractivity contribution in [1.82, 2.24) is 9.78 Å². The third-order valence-corrected chi connectivity index (χ3v) is 2.65. The van der Waals surface area contributed by atoms with Crippen molar-refractivity contribution in [2.24, 2.45) is 7.05 Å². The molecule has 1 heterocycles. The van der Waals surface area contributed by atoms with E-state index in [0.29, 0.717) is 5.82 Å². The molecule has 0 bridgehead atoms. The van der Waals surface area contributed by atoms with Crippen molar-refractivity contribution in [1.29, 1.82) is 0 Å². The van der Waals surface area contributed by atoms with Gasteiger partial charge in [-0.3, -0.25) is 4.68 Å². The SMILES string of the molecule is CCc1c(N)nn(C)c1-c1ccc(F)cc1. The average molecular weight is 219 g/mol. The number of benzene rings is 1. The minimum Gasteiger partial charge on any atom is -0.382 e. The van der Waals surface area contributed by atoms with Crippen LogP contribution in [0.25, 0.3) is 11.3 Å². The van der Waals surface area contributed by atoms with Gasteiger partial charge in [-0.25, -0.2) is 4.39 Å². The molecule has 1 aromatic carbocycles. The molecule has 0 saturated heterocycles. The first-order valence-electron chi connectivity index (χ1n) is 5.20. The molecule has 16 heavy (non-hydrogen) atoms. The van der Waals surface area contributed by atoms with Crippen LogP contribution in [0.2, 0.25) is 0 Å². The Bertz CT molecular complexity index is 500. The number of nitrogen functional groups attached to an aromatic ring is 1. The zero-order valence-electron chi connectivity index (χ0n) is 9.37. The highest BCUT2D eigenvalue weighted by atomic mass is 19.1. The Morgan fingerprint density at radius 1 is 1.31 bits per heavy atom. The van der Waals surface area contributed by atoms with Gasteiger partial charge in [0.15, 0.2) is 0 Å². The summed E-state index contributed by atoms with van der Waals surface area (Å²) in [5.41, 5.74) is 8.72. The molecule has 0 unspecified atom stereocenters. The van der Waals surface area contributed by atoms with E-state index in [-0.39, 0.29) is 5.82 Å². The summed E-state index contributed by atoms with van der Waals surface area (Å²) < 4.78 is 14.6. The number of nitrogens with zero attached hydrogens (tertiary/aromatic N) is 2. The van der Waals surface area contributed by atoms with Crippen LogP contribution in [0.4, 0.5) is 10.2 Å². The number of hydrogen-bond acceptors (Lipinski definition) is 2. The molecular formula is C12H14FN3. The lowest BCUT2D eigenvalue weighted by molar-refractivity contribution is 0.628. The number of halogens is 1. The predicted molar refractivity (Wildman–Crippen MR) is 62.4 cm³/mol. The van der Waals surface area contributed by atoms with E-state index in [0.717, 1.165) is 23.2 Å². The van der Waals surface area contributed by atoms with E-state index in [9.17, 15) is 4.39 Å². The van der Waals surface area contributed by atoms with Crippen molar-refractivity contribution in [2.45, 2.75) is 13.3 Å². The van der Waals surface area contributed by atoms with Gasteiger partial charge in [0.25, 0.3) is 0 Å². The van der Waals surface area contributed by atoms with Gasteiger partial charge >= 0.3 is 0 Å². The lowest BCUT2D eigenvalue weighted by Crippen LogP contribution is -1.95. The molecule has 0 aliphatic heterocycles. The molecule has 0 amide bonds. The molecule has 0 radical (unpaired) electrons. The largest absolute Gasteiger partial charge is 0.382 e. The van der Waals surface area contributed by atoms with Crippen LogP contribution < -0.4 is 5.73 Å². The van der Waals surface area contributed by atoms with Crippen LogP contribution in [0.15, 0.2) is 24.3 Å². The summed E-state index contributed by atoms with van der Waals surface area (Å²) >= 11 is 0. The second kappa shape index (κ2) is 3.96. The minimum absolute atomic E-state index is 0.239. The molecule has 3 nitrogen and oxygen atoms in total. The fourth-order valence-electron chi connectivity index (χ4n) is 1.91. The molecule has 2 rings (SSSR count). The quantitative estimate of drug-likeness (QED) is 0.842. The maximum atomic E-state index is 12.8. The van der Waals surface area contributed by atoms with Crippen molar-refractivity contribution in [2.75, 3.05) is 5.73 Å². The lowest BCUT2D eigenvalue weighted by atomic mass is 10.1. The van der Waals surface area contributed by atoms with E-state index in [1.165, 1.54) is 12.1 Å². The number of rotatable bonds is 2. The first-order valence-corrected chi connectivity index (χ1v) is 5.20. The summed E-state index contributed by atoms with van der Waals surface area (Å²) in [5, 5.41) is 4.18. The molecule has 0 aliphatic carbocycles. The molecule has 0 fully saturated rings. The second-order valence-corrected chi connectivity index (χ2v) is 3.70. The summed E-state index contributed by atoms with van der Waals surface area (Å²) in [6, 6.07) is 6.37. The molecule has 2 N–H and O–H groups in total. The van der Waals surface area contributed by atoms with Crippen molar-refractivity contribution < 1.29 is 4.39 Å². The number of nitrogens with two attached hydrogens (primary N) is 1. The fraction of sp³-hybridized carbons (Fsp3) is 0.250. The van der Waals surface area contributed by atoms with E-state index in [2.05, 4.69) is 5.10 Å². The Kier molecular flexibility index (Phi) is 2.64. The van der Waals surface area contributed by atoms with Gasteiger partial charge in [0.05, 0.1) is 5.69 Å². The molecule has 4 heteroatoms. The van der Waals surface area contributed by atoms with Crippen LogP contribution in [0.1, 0.15) is 12.5 Å². The van der Waals surface area contributed by atoms with Crippen LogP contribution in [0, 0.1) is 5.82 Å². The Morgan fingerprint density at radius 3 is 2.50 bits per heavy atom. The van der Waals surface area contributed by atoms with Gasteiger partial charge in [-0.05, 0) is 30.7 Å². The molecular weight excluding hydrogens is 205 g/mol. The standard InChI is InChI=1S/C12H14FN3/c1-3-10-11(16(2)15-12(10)14)8-4-6-9(13)7-5-8/h4-7H,3H2,1-2H3,(H2,14,15). The summed E-state index contributed by atoms with van der Waals surface area (Å²) in [6.45, 7) is 2.03. The summed E-state index contributed by atoms with van der Waals surface area (Å²) in [6.07, 6.45) is 0.812. The normalized spacial score (nSPS) is 10.7. The van der Waals surface area contributed by atoms with Crippen LogP contribution in [-0.4, -0.2) is 9.78 Å². The third-order valence-electron chi connectivity index (χ3n) is 2.65.